The van der Waals surface area contributed by atoms with Gasteiger partial charge in [0.15, 0.2) is 17.4 Å². The van der Waals surface area contributed by atoms with Gasteiger partial charge in [-0.25, -0.2) is 4.39 Å². The second-order valence-corrected chi connectivity index (χ2v) is 4.94. The smallest absolute Gasteiger partial charge is 0.167 e. The molecule has 0 aliphatic carbocycles. The van der Waals surface area contributed by atoms with E-state index in [1.807, 2.05) is 20.8 Å². The average Bonchev–Trinajstić information content (AvgIpc) is 2.35. The number of anilines is 1. The molecule has 0 radical (unpaired) electrons. The summed E-state index contributed by atoms with van der Waals surface area (Å²) >= 11 is 0. The Bertz CT molecular complexity index is 427. The van der Waals surface area contributed by atoms with Crippen LogP contribution < -0.4 is 10.1 Å². The predicted octanol–water partition coefficient (Wildman–Crippen LogP) is 2.79. The highest BCUT2D eigenvalue weighted by Gasteiger charge is 2.28. The van der Waals surface area contributed by atoms with Crippen LogP contribution in [-0.4, -0.2) is 31.6 Å². The van der Waals surface area contributed by atoms with Gasteiger partial charge in [-0.2, -0.15) is 0 Å². The Balaban J connectivity index is 1.95. The molecule has 0 saturated carbocycles. The third kappa shape index (κ3) is 3.81. The van der Waals surface area contributed by atoms with Crippen LogP contribution in [0, 0.1) is 5.82 Å². The zero-order chi connectivity index (χ0) is 13.9. The molecule has 1 heterocycles. The number of nitrogens with one attached hydrogen (secondary N) is 1. The zero-order valence-electron chi connectivity index (χ0n) is 11.5. The summed E-state index contributed by atoms with van der Waals surface area (Å²) in [5, 5.41) is 3.18. The minimum absolute atomic E-state index is 0.0189. The first-order chi connectivity index (χ1) is 9.00. The molecule has 0 atom stereocenters. The summed E-state index contributed by atoms with van der Waals surface area (Å²) < 4.78 is 29.9. The third-order valence-corrected chi connectivity index (χ3v) is 2.87. The molecule has 1 aromatic carbocycles. The molecule has 1 aromatic rings. The number of halogens is 1. The van der Waals surface area contributed by atoms with E-state index in [4.69, 9.17) is 14.2 Å². The van der Waals surface area contributed by atoms with E-state index in [1.165, 1.54) is 6.07 Å². The lowest BCUT2D eigenvalue weighted by Crippen LogP contribution is -2.45. The van der Waals surface area contributed by atoms with Crippen LogP contribution in [0.15, 0.2) is 18.2 Å². The Morgan fingerprint density at radius 1 is 1.37 bits per heavy atom. The molecule has 1 aliphatic heterocycles. The van der Waals surface area contributed by atoms with E-state index in [0.29, 0.717) is 25.5 Å². The first kappa shape index (κ1) is 14.1. The molecule has 2 rings (SSSR count). The monoisotopic (exact) mass is 269 g/mol. The Hall–Kier alpha value is -1.33. The molecule has 1 fully saturated rings. The first-order valence-electron chi connectivity index (χ1n) is 6.47. The van der Waals surface area contributed by atoms with Crippen LogP contribution in [0.1, 0.15) is 20.8 Å². The van der Waals surface area contributed by atoms with E-state index in [2.05, 4.69) is 5.32 Å². The van der Waals surface area contributed by atoms with Gasteiger partial charge in [-0.3, -0.25) is 0 Å². The van der Waals surface area contributed by atoms with Gasteiger partial charge in [-0.15, -0.1) is 0 Å². The van der Waals surface area contributed by atoms with Gasteiger partial charge in [0, 0.05) is 11.8 Å². The van der Waals surface area contributed by atoms with Crippen LogP contribution >= 0.6 is 0 Å². The van der Waals surface area contributed by atoms with Crippen molar-refractivity contribution in [2.75, 3.05) is 25.1 Å². The van der Waals surface area contributed by atoms with E-state index in [1.54, 1.807) is 12.1 Å². The highest BCUT2D eigenvalue weighted by Crippen LogP contribution is 2.23. The maximum Gasteiger partial charge on any atom is 0.167 e. The highest BCUT2D eigenvalue weighted by atomic mass is 19.1. The van der Waals surface area contributed by atoms with Gasteiger partial charge in [0.05, 0.1) is 25.9 Å². The van der Waals surface area contributed by atoms with Crippen LogP contribution in [0.25, 0.3) is 0 Å². The zero-order valence-corrected chi connectivity index (χ0v) is 11.5. The van der Waals surface area contributed by atoms with Gasteiger partial charge in [0.1, 0.15) is 0 Å². The fourth-order valence-corrected chi connectivity index (χ4v) is 1.87. The van der Waals surface area contributed by atoms with Crippen molar-refractivity contribution in [2.45, 2.75) is 32.6 Å². The number of ether oxygens (including phenoxy) is 3. The third-order valence-electron chi connectivity index (χ3n) is 2.87. The Morgan fingerprint density at radius 2 is 2.05 bits per heavy atom. The van der Waals surface area contributed by atoms with E-state index >= 15 is 0 Å². The fourth-order valence-electron chi connectivity index (χ4n) is 1.87. The van der Waals surface area contributed by atoms with E-state index in [-0.39, 0.29) is 17.6 Å². The summed E-state index contributed by atoms with van der Waals surface area (Å²) in [6, 6.07) is 4.85. The van der Waals surface area contributed by atoms with Crippen LogP contribution in [0.2, 0.25) is 0 Å². The lowest BCUT2D eigenvalue weighted by molar-refractivity contribution is -0.247. The number of hydrogen-bond acceptors (Lipinski definition) is 4. The Morgan fingerprint density at radius 3 is 2.63 bits per heavy atom. The van der Waals surface area contributed by atoms with Crippen LogP contribution in [0.5, 0.6) is 5.75 Å². The number of benzene rings is 1. The van der Waals surface area contributed by atoms with Gasteiger partial charge in [0.2, 0.25) is 0 Å². The van der Waals surface area contributed by atoms with Gasteiger partial charge in [0.25, 0.3) is 0 Å². The topological polar surface area (TPSA) is 39.7 Å². The standard InChI is InChI=1S/C14H20FNO3/c1-4-17-13-6-5-10(7-12(13)15)16-11-8-18-14(2,3)19-9-11/h5-7,11,16H,4,8-9H2,1-3H3. The summed E-state index contributed by atoms with van der Waals surface area (Å²) in [6.45, 7) is 7.08. The summed E-state index contributed by atoms with van der Waals surface area (Å²) in [5.74, 6) is -0.641. The second kappa shape index (κ2) is 5.75. The molecular weight excluding hydrogens is 249 g/mol. The molecule has 0 amide bonds. The summed E-state index contributed by atoms with van der Waals surface area (Å²) in [6.07, 6.45) is 0. The minimum Gasteiger partial charge on any atom is -0.491 e. The van der Waals surface area contributed by atoms with Crippen molar-refractivity contribution < 1.29 is 18.6 Å². The van der Waals surface area contributed by atoms with Crippen molar-refractivity contribution >= 4 is 5.69 Å². The summed E-state index contributed by atoms with van der Waals surface area (Å²) in [7, 11) is 0. The molecule has 1 saturated heterocycles. The van der Waals surface area contributed by atoms with E-state index in [9.17, 15) is 4.39 Å². The average molecular weight is 269 g/mol. The molecule has 4 nitrogen and oxygen atoms in total. The SMILES string of the molecule is CCOc1ccc(NC2COC(C)(C)OC2)cc1F. The van der Waals surface area contributed by atoms with Gasteiger partial charge < -0.3 is 19.5 Å². The Kier molecular flexibility index (Phi) is 4.27. The van der Waals surface area contributed by atoms with Gasteiger partial charge >= 0.3 is 0 Å². The van der Waals surface area contributed by atoms with Crippen molar-refractivity contribution in [2.24, 2.45) is 0 Å². The van der Waals surface area contributed by atoms with Crippen molar-refractivity contribution in [3.05, 3.63) is 24.0 Å². The van der Waals surface area contributed by atoms with Crippen molar-refractivity contribution in [3.63, 3.8) is 0 Å². The largest absolute Gasteiger partial charge is 0.491 e. The van der Waals surface area contributed by atoms with Crippen molar-refractivity contribution in [3.8, 4) is 5.75 Å². The molecule has 0 spiro atoms. The fraction of sp³-hybridized carbons (Fsp3) is 0.571. The van der Waals surface area contributed by atoms with Crippen LogP contribution in [0.3, 0.4) is 0 Å². The lowest BCUT2D eigenvalue weighted by atomic mass is 10.2. The maximum atomic E-state index is 13.7. The predicted molar refractivity (Wildman–Crippen MR) is 71.0 cm³/mol. The molecule has 0 bridgehead atoms. The van der Waals surface area contributed by atoms with E-state index < -0.39 is 5.79 Å². The molecule has 1 N–H and O–H groups in total. The molecule has 106 valence electrons. The summed E-state index contributed by atoms with van der Waals surface area (Å²) in [5.41, 5.74) is 0.692. The van der Waals surface area contributed by atoms with Gasteiger partial charge in [-0.1, -0.05) is 0 Å². The molecule has 1 aliphatic rings. The molecule has 0 unspecified atom stereocenters. The molecule has 19 heavy (non-hydrogen) atoms. The number of hydrogen-bond donors (Lipinski definition) is 1. The van der Waals surface area contributed by atoms with Crippen LogP contribution in [0.4, 0.5) is 10.1 Å². The molecular formula is C14H20FNO3. The second-order valence-electron chi connectivity index (χ2n) is 4.94. The quantitative estimate of drug-likeness (QED) is 0.912. The van der Waals surface area contributed by atoms with Crippen molar-refractivity contribution in [1.29, 1.82) is 0 Å². The summed E-state index contributed by atoms with van der Waals surface area (Å²) in [4.78, 5) is 0. The Labute approximate surface area is 112 Å². The lowest BCUT2D eigenvalue weighted by Gasteiger charge is -2.35. The van der Waals surface area contributed by atoms with Crippen LogP contribution in [-0.2, 0) is 9.47 Å². The molecule has 5 heteroatoms. The molecule has 0 aromatic heterocycles. The first-order valence-corrected chi connectivity index (χ1v) is 6.47. The minimum atomic E-state index is -0.539. The highest BCUT2D eigenvalue weighted by molar-refractivity contribution is 5.48. The normalized spacial score (nSPS) is 19.2. The van der Waals surface area contributed by atoms with Crippen molar-refractivity contribution in [1.82, 2.24) is 0 Å². The number of rotatable bonds is 4. The van der Waals surface area contributed by atoms with E-state index in [0.717, 1.165) is 0 Å². The van der Waals surface area contributed by atoms with Gasteiger partial charge in [-0.05, 0) is 32.9 Å². The maximum absolute atomic E-state index is 13.7.